The van der Waals surface area contributed by atoms with E-state index in [9.17, 15) is 9.59 Å². The fraction of sp³-hybridized carbons (Fsp3) is 0.500. The van der Waals surface area contributed by atoms with Crippen molar-refractivity contribution in [3.05, 3.63) is 50.0 Å². The minimum Gasteiger partial charge on any atom is -0.434 e. The summed E-state index contributed by atoms with van der Waals surface area (Å²) in [5.74, 6) is -0.383. The largest absolute Gasteiger partial charge is 0.434 e. The minimum atomic E-state index is -0.192. The zero-order chi connectivity index (χ0) is 17.9. The number of ether oxygens (including phenoxy) is 2. The van der Waals surface area contributed by atoms with Crippen LogP contribution in [0.3, 0.4) is 0 Å². The molecule has 24 heavy (non-hydrogen) atoms. The van der Waals surface area contributed by atoms with Crippen LogP contribution in [0.25, 0.3) is 0 Å². The first-order valence-electron chi connectivity index (χ1n) is 8.64. The molecule has 0 aliphatic rings. The van der Waals surface area contributed by atoms with Gasteiger partial charge in [0.05, 0.1) is 12.5 Å². The summed E-state index contributed by atoms with van der Waals surface area (Å²) < 4.78 is 9.73. The maximum absolute atomic E-state index is 11.3. The van der Waals surface area contributed by atoms with Crippen LogP contribution in [0.5, 0.6) is 0 Å². The van der Waals surface area contributed by atoms with E-state index in [1.54, 1.807) is 24.3 Å². The van der Waals surface area contributed by atoms with Gasteiger partial charge in [-0.15, -0.1) is 0 Å². The SMILES string of the molecule is C=CC=COC(=O)CCCCCCCCCCC(=O)OC=CC=C. The van der Waals surface area contributed by atoms with E-state index in [2.05, 4.69) is 13.2 Å². The molecule has 0 aromatic rings. The van der Waals surface area contributed by atoms with Crippen LogP contribution >= 0.6 is 0 Å². The summed E-state index contributed by atoms with van der Waals surface area (Å²) in [5.41, 5.74) is 0. The van der Waals surface area contributed by atoms with E-state index >= 15 is 0 Å². The molecule has 0 spiro atoms. The van der Waals surface area contributed by atoms with Crippen molar-refractivity contribution in [2.45, 2.75) is 64.2 Å². The van der Waals surface area contributed by atoms with Gasteiger partial charge in [0.2, 0.25) is 0 Å². The summed E-state index contributed by atoms with van der Waals surface area (Å²) in [5, 5.41) is 0. The lowest BCUT2D eigenvalue weighted by atomic mass is 10.1. The fourth-order valence-corrected chi connectivity index (χ4v) is 2.06. The molecule has 0 saturated heterocycles. The van der Waals surface area contributed by atoms with Crippen molar-refractivity contribution in [1.82, 2.24) is 0 Å². The van der Waals surface area contributed by atoms with Crippen molar-refractivity contribution in [3.63, 3.8) is 0 Å². The highest BCUT2D eigenvalue weighted by Gasteiger charge is 2.01. The normalized spacial score (nSPS) is 10.8. The molecule has 0 fully saturated rings. The first-order valence-corrected chi connectivity index (χ1v) is 8.64. The topological polar surface area (TPSA) is 52.6 Å². The van der Waals surface area contributed by atoms with Gasteiger partial charge in [0.25, 0.3) is 0 Å². The molecule has 0 saturated carbocycles. The summed E-state index contributed by atoms with van der Waals surface area (Å²) in [6.07, 6.45) is 18.4. The highest BCUT2D eigenvalue weighted by atomic mass is 16.5. The van der Waals surface area contributed by atoms with E-state index in [-0.39, 0.29) is 11.9 Å². The van der Waals surface area contributed by atoms with E-state index in [1.807, 2.05) is 0 Å². The van der Waals surface area contributed by atoms with Gasteiger partial charge in [-0.3, -0.25) is 9.59 Å². The Bertz CT molecular complexity index is 381. The molecular weight excluding hydrogens is 304 g/mol. The molecule has 0 aromatic carbocycles. The minimum absolute atomic E-state index is 0.192. The number of unbranched alkanes of at least 4 members (excludes halogenated alkanes) is 7. The standard InChI is InChI=1S/C20H30O4/c1-3-5-17-23-19(21)15-13-11-9-7-8-10-12-14-16-20(22)24-18-6-4-2/h3-6,17-18H,1-2,7-16H2. The molecule has 0 amide bonds. The van der Waals surface area contributed by atoms with Crippen molar-refractivity contribution < 1.29 is 19.1 Å². The monoisotopic (exact) mass is 334 g/mol. The molecule has 0 rings (SSSR count). The molecule has 0 aliphatic carbocycles. The molecule has 0 aromatic heterocycles. The molecule has 4 heteroatoms. The molecular formula is C20H30O4. The number of carbonyl (C=O) groups excluding carboxylic acids is 2. The maximum Gasteiger partial charge on any atom is 0.310 e. The van der Waals surface area contributed by atoms with Crippen molar-refractivity contribution in [2.24, 2.45) is 0 Å². The first-order chi connectivity index (χ1) is 11.7. The third kappa shape index (κ3) is 16.3. The highest BCUT2D eigenvalue weighted by Crippen LogP contribution is 2.11. The van der Waals surface area contributed by atoms with Crippen LogP contribution in [0, 0.1) is 0 Å². The molecule has 0 N–H and O–H groups in total. The van der Waals surface area contributed by atoms with Crippen LogP contribution in [0.4, 0.5) is 0 Å². The second-order valence-corrected chi connectivity index (χ2v) is 5.44. The first kappa shape index (κ1) is 21.9. The lowest BCUT2D eigenvalue weighted by Gasteiger charge is -2.02. The molecule has 0 atom stereocenters. The van der Waals surface area contributed by atoms with Crippen LogP contribution in [-0.2, 0) is 19.1 Å². The Morgan fingerprint density at radius 2 is 0.958 bits per heavy atom. The lowest BCUT2D eigenvalue weighted by molar-refractivity contribution is -0.139. The molecule has 0 aliphatic heterocycles. The van der Waals surface area contributed by atoms with E-state index in [1.165, 1.54) is 12.5 Å². The Morgan fingerprint density at radius 1 is 0.625 bits per heavy atom. The van der Waals surface area contributed by atoms with Crippen LogP contribution in [0.1, 0.15) is 64.2 Å². The number of carbonyl (C=O) groups is 2. The van der Waals surface area contributed by atoms with Crippen molar-refractivity contribution in [1.29, 1.82) is 0 Å². The Labute approximate surface area is 145 Å². The predicted octanol–water partition coefficient (Wildman–Crippen LogP) is 5.37. The zero-order valence-electron chi connectivity index (χ0n) is 14.6. The Hall–Kier alpha value is -2.10. The summed E-state index contributed by atoms with van der Waals surface area (Å²) >= 11 is 0. The molecule has 134 valence electrons. The van der Waals surface area contributed by atoms with Crippen LogP contribution in [0.2, 0.25) is 0 Å². The second kappa shape index (κ2) is 17.3. The molecule has 0 heterocycles. The van der Waals surface area contributed by atoms with E-state index in [4.69, 9.17) is 9.47 Å². The number of esters is 2. The van der Waals surface area contributed by atoms with Crippen LogP contribution < -0.4 is 0 Å². The lowest BCUT2D eigenvalue weighted by Crippen LogP contribution is -1.99. The van der Waals surface area contributed by atoms with Gasteiger partial charge in [0.15, 0.2) is 0 Å². The average molecular weight is 334 g/mol. The van der Waals surface area contributed by atoms with E-state index in [0.717, 1.165) is 51.4 Å². The molecule has 0 unspecified atom stereocenters. The fourth-order valence-electron chi connectivity index (χ4n) is 2.06. The molecule has 4 nitrogen and oxygen atoms in total. The smallest absolute Gasteiger partial charge is 0.310 e. The average Bonchev–Trinajstić information content (AvgIpc) is 2.57. The van der Waals surface area contributed by atoms with Gasteiger partial charge in [0, 0.05) is 12.8 Å². The second-order valence-electron chi connectivity index (χ2n) is 5.44. The van der Waals surface area contributed by atoms with E-state index < -0.39 is 0 Å². The number of hydrogen-bond acceptors (Lipinski definition) is 4. The summed E-state index contributed by atoms with van der Waals surface area (Å²) in [6, 6.07) is 0. The van der Waals surface area contributed by atoms with Crippen LogP contribution in [-0.4, -0.2) is 11.9 Å². The van der Waals surface area contributed by atoms with E-state index in [0.29, 0.717) is 12.8 Å². The number of allylic oxidation sites excluding steroid dienone is 4. The number of rotatable bonds is 15. The quantitative estimate of drug-likeness (QED) is 0.175. The van der Waals surface area contributed by atoms with Gasteiger partial charge in [-0.05, 0) is 25.0 Å². The van der Waals surface area contributed by atoms with Gasteiger partial charge < -0.3 is 9.47 Å². The predicted molar refractivity (Wildman–Crippen MR) is 97.0 cm³/mol. The van der Waals surface area contributed by atoms with Gasteiger partial charge in [0.1, 0.15) is 0 Å². The molecule has 0 bridgehead atoms. The third-order valence-electron chi connectivity index (χ3n) is 3.34. The van der Waals surface area contributed by atoms with Crippen molar-refractivity contribution in [2.75, 3.05) is 0 Å². The third-order valence-corrected chi connectivity index (χ3v) is 3.34. The Balaban J connectivity index is 3.30. The Morgan fingerprint density at radius 3 is 1.29 bits per heavy atom. The van der Waals surface area contributed by atoms with Gasteiger partial charge in [-0.25, -0.2) is 0 Å². The van der Waals surface area contributed by atoms with Gasteiger partial charge in [-0.1, -0.05) is 63.8 Å². The van der Waals surface area contributed by atoms with Crippen LogP contribution in [0.15, 0.2) is 50.0 Å². The highest BCUT2D eigenvalue weighted by molar-refractivity contribution is 5.70. The van der Waals surface area contributed by atoms with Gasteiger partial charge >= 0.3 is 11.9 Å². The van der Waals surface area contributed by atoms with Crippen molar-refractivity contribution in [3.8, 4) is 0 Å². The summed E-state index contributed by atoms with van der Waals surface area (Å²) in [4.78, 5) is 22.6. The summed E-state index contributed by atoms with van der Waals surface area (Å²) in [7, 11) is 0. The Kier molecular flexibility index (Phi) is 15.7. The summed E-state index contributed by atoms with van der Waals surface area (Å²) in [6.45, 7) is 6.99. The van der Waals surface area contributed by atoms with Crippen molar-refractivity contribution >= 4 is 11.9 Å². The molecule has 0 radical (unpaired) electrons. The maximum atomic E-state index is 11.3. The zero-order valence-corrected chi connectivity index (χ0v) is 14.6. The number of hydrogen-bond donors (Lipinski definition) is 0. The van der Waals surface area contributed by atoms with Gasteiger partial charge in [-0.2, -0.15) is 0 Å².